The molecule has 0 fully saturated rings. The van der Waals surface area contributed by atoms with Gasteiger partial charge in [0.1, 0.15) is 0 Å². The van der Waals surface area contributed by atoms with Gasteiger partial charge in [-0.25, -0.2) is 8.78 Å². The molecule has 100 valence electrons. The summed E-state index contributed by atoms with van der Waals surface area (Å²) in [6, 6.07) is 3.67. The summed E-state index contributed by atoms with van der Waals surface area (Å²) < 4.78 is 25.7. The second-order valence-corrected chi connectivity index (χ2v) is 4.21. The van der Waals surface area contributed by atoms with Crippen LogP contribution in [0.4, 0.5) is 8.78 Å². The Hall–Kier alpha value is -1.49. The largest absolute Gasteiger partial charge is 0.341 e. The molecule has 0 aliphatic rings. The average Bonchev–Trinajstić information content (AvgIpc) is 2.34. The first-order valence-electron chi connectivity index (χ1n) is 5.87. The highest BCUT2D eigenvalue weighted by Crippen LogP contribution is 2.11. The Bertz CT molecular complexity index is 410. The van der Waals surface area contributed by atoms with Crippen LogP contribution in [-0.4, -0.2) is 31.4 Å². The van der Waals surface area contributed by atoms with E-state index in [1.54, 1.807) is 7.05 Å². The molecule has 5 heteroatoms. The molecule has 0 saturated carbocycles. The molecule has 0 radical (unpaired) electrons. The van der Waals surface area contributed by atoms with Gasteiger partial charge in [0.15, 0.2) is 11.6 Å². The third kappa shape index (κ3) is 4.41. The Morgan fingerprint density at radius 2 is 2.06 bits per heavy atom. The molecule has 0 aliphatic heterocycles. The van der Waals surface area contributed by atoms with Gasteiger partial charge in [0.05, 0.1) is 0 Å². The van der Waals surface area contributed by atoms with Crippen LogP contribution in [0.25, 0.3) is 0 Å². The lowest BCUT2D eigenvalue weighted by Crippen LogP contribution is -2.26. The van der Waals surface area contributed by atoms with E-state index < -0.39 is 11.6 Å². The van der Waals surface area contributed by atoms with Gasteiger partial charge in [0.25, 0.3) is 0 Å². The third-order valence-electron chi connectivity index (χ3n) is 2.65. The summed E-state index contributed by atoms with van der Waals surface area (Å²) in [4.78, 5) is 13.2. The summed E-state index contributed by atoms with van der Waals surface area (Å²) in [6.07, 6.45) is 1.21. The number of hydrogen-bond donors (Lipinski definition) is 1. The van der Waals surface area contributed by atoms with Crippen molar-refractivity contribution in [1.82, 2.24) is 10.2 Å². The Kier molecular flexibility index (Phi) is 5.71. The molecule has 1 aromatic rings. The Balaban J connectivity index is 2.50. The molecular formula is C13H18F2N2O. The van der Waals surface area contributed by atoms with Crippen LogP contribution in [0.3, 0.4) is 0 Å². The van der Waals surface area contributed by atoms with Crippen LogP contribution in [0.5, 0.6) is 0 Å². The van der Waals surface area contributed by atoms with Crippen LogP contribution in [0.2, 0.25) is 0 Å². The molecule has 0 saturated heterocycles. The highest BCUT2D eigenvalue weighted by molar-refractivity contribution is 5.75. The predicted molar refractivity (Wildman–Crippen MR) is 66.0 cm³/mol. The van der Waals surface area contributed by atoms with Crippen LogP contribution >= 0.6 is 0 Å². The molecule has 0 unspecified atom stereocenters. The molecule has 1 rings (SSSR count). The second-order valence-electron chi connectivity index (χ2n) is 4.21. The standard InChI is InChI=1S/C13H18F2N2O/c1-16-7-3-4-13(18)17(2)9-10-5-6-11(14)12(15)8-10/h5-6,8,16H,3-4,7,9H2,1-2H3. The fourth-order valence-electron chi connectivity index (χ4n) is 1.61. The van der Waals surface area contributed by atoms with Crippen molar-refractivity contribution in [2.75, 3.05) is 20.6 Å². The highest BCUT2D eigenvalue weighted by Gasteiger charge is 2.10. The van der Waals surface area contributed by atoms with Crippen molar-refractivity contribution < 1.29 is 13.6 Å². The molecule has 0 spiro atoms. The van der Waals surface area contributed by atoms with Crippen LogP contribution in [-0.2, 0) is 11.3 Å². The van der Waals surface area contributed by atoms with Gasteiger partial charge in [-0.2, -0.15) is 0 Å². The van der Waals surface area contributed by atoms with Gasteiger partial charge in [-0.15, -0.1) is 0 Å². The van der Waals surface area contributed by atoms with Crippen molar-refractivity contribution in [3.8, 4) is 0 Å². The number of benzene rings is 1. The van der Waals surface area contributed by atoms with Crippen LogP contribution in [0.15, 0.2) is 18.2 Å². The first kappa shape index (κ1) is 14.6. The third-order valence-corrected chi connectivity index (χ3v) is 2.65. The second kappa shape index (κ2) is 7.06. The van der Waals surface area contributed by atoms with Gasteiger partial charge in [0, 0.05) is 20.0 Å². The van der Waals surface area contributed by atoms with Crippen LogP contribution < -0.4 is 5.32 Å². The zero-order valence-corrected chi connectivity index (χ0v) is 10.7. The van der Waals surface area contributed by atoms with E-state index in [0.717, 1.165) is 25.1 Å². The number of carbonyl (C=O) groups is 1. The number of amides is 1. The van der Waals surface area contributed by atoms with Crippen molar-refractivity contribution in [3.05, 3.63) is 35.4 Å². The zero-order valence-electron chi connectivity index (χ0n) is 10.7. The fourth-order valence-corrected chi connectivity index (χ4v) is 1.61. The molecule has 0 aromatic heterocycles. The molecule has 0 aliphatic carbocycles. The number of rotatable bonds is 6. The lowest BCUT2D eigenvalue weighted by atomic mass is 10.2. The van der Waals surface area contributed by atoms with E-state index in [1.807, 2.05) is 7.05 Å². The molecule has 1 amide bonds. The van der Waals surface area contributed by atoms with Crippen LogP contribution in [0.1, 0.15) is 18.4 Å². The molecule has 1 aromatic carbocycles. The van der Waals surface area contributed by atoms with E-state index in [4.69, 9.17) is 0 Å². The minimum absolute atomic E-state index is 0.00465. The van der Waals surface area contributed by atoms with E-state index in [1.165, 1.54) is 11.0 Å². The van der Waals surface area contributed by atoms with Crippen molar-refractivity contribution in [2.24, 2.45) is 0 Å². The summed E-state index contributed by atoms with van der Waals surface area (Å²) in [5.41, 5.74) is 0.582. The quantitative estimate of drug-likeness (QED) is 0.789. The molecule has 1 N–H and O–H groups in total. The minimum atomic E-state index is -0.886. The van der Waals surface area contributed by atoms with Gasteiger partial charge in [0.2, 0.25) is 5.91 Å². The number of carbonyl (C=O) groups excluding carboxylic acids is 1. The normalized spacial score (nSPS) is 10.4. The SMILES string of the molecule is CNCCCC(=O)N(C)Cc1ccc(F)c(F)c1. The summed E-state index contributed by atoms with van der Waals surface area (Å²) in [5, 5.41) is 2.96. The zero-order chi connectivity index (χ0) is 13.5. The minimum Gasteiger partial charge on any atom is -0.341 e. The summed E-state index contributed by atoms with van der Waals surface area (Å²) in [7, 11) is 3.48. The lowest BCUT2D eigenvalue weighted by Gasteiger charge is -2.17. The summed E-state index contributed by atoms with van der Waals surface area (Å²) >= 11 is 0. The molecular weight excluding hydrogens is 238 g/mol. The molecule has 3 nitrogen and oxygen atoms in total. The maximum Gasteiger partial charge on any atom is 0.222 e. The Morgan fingerprint density at radius 3 is 2.67 bits per heavy atom. The first-order chi connectivity index (χ1) is 8.54. The Morgan fingerprint density at radius 1 is 1.33 bits per heavy atom. The van der Waals surface area contributed by atoms with Crippen molar-refractivity contribution in [3.63, 3.8) is 0 Å². The van der Waals surface area contributed by atoms with Gasteiger partial charge >= 0.3 is 0 Å². The van der Waals surface area contributed by atoms with E-state index in [2.05, 4.69) is 5.32 Å². The van der Waals surface area contributed by atoms with Gasteiger partial charge in [-0.05, 0) is 37.7 Å². The highest BCUT2D eigenvalue weighted by atomic mass is 19.2. The van der Waals surface area contributed by atoms with Gasteiger partial charge < -0.3 is 10.2 Å². The van der Waals surface area contributed by atoms with Crippen molar-refractivity contribution in [1.29, 1.82) is 0 Å². The molecule has 0 bridgehead atoms. The molecule has 0 atom stereocenters. The number of halogens is 2. The van der Waals surface area contributed by atoms with E-state index in [-0.39, 0.29) is 12.5 Å². The summed E-state index contributed by atoms with van der Waals surface area (Å²) in [6.45, 7) is 1.07. The first-order valence-corrected chi connectivity index (χ1v) is 5.87. The predicted octanol–water partition coefficient (Wildman–Crippen LogP) is 1.92. The van der Waals surface area contributed by atoms with E-state index in [0.29, 0.717) is 12.0 Å². The van der Waals surface area contributed by atoms with E-state index in [9.17, 15) is 13.6 Å². The summed E-state index contributed by atoms with van der Waals surface area (Å²) in [5.74, 6) is -1.76. The van der Waals surface area contributed by atoms with Crippen molar-refractivity contribution >= 4 is 5.91 Å². The number of hydrogen-bond acceptors (Lipinski definition) is 2. The number of nitrogens with zero attached hydrogens (tertiary/aromatic N) is 1. The maximum absolute atomic E-state index is 13.0. The van der Waals surface area contributed by atoms with Crippen molar-refractivity contribution in [2.45, 2.75) is 19.4 Å². The molecule has 0 heterocycles. The van der Waals surface area contributed by atoms with E-state index >= 15 is 0 Å². The number of nitrogens with one attached hydrogen (secondary N) is 1. The smallest absolute Gasteiger partial charge is 0.222 e. The monoisotopic (exact) mass is 256 g/mol. The van der Waals surface area contributed by atoms with Gasteiger partial charge in [-0.1, -0.05) is 6.07 Å². The Labute approximate surface area is 106 Å². The molecule has 18 heavy (non-hydrogen) atoms. The van der Waals surface area contributed by atoms with Gasteiger partial charge in [-0.3, -0.25) is 4.79 Å². The average molecular weight is 256 g/mol. The lowest BCUT2D eigenvalue weighted by molar-refractivity contribution is -0.130. The van der Waals surface area contributed by atoms with Crippen LogP contribution in [0, 0.1) is 11.6 Å². The topological polar surface area (TPSA) is 32.3 Å². The maximum atomic E-state index is 13.0. The fraction of sp³-hybridized carbons (Fsp3) is 0.462.